The van der Waals surface area contributed by atoms with Crippen molar-refractivity contribution in [1.29, 1.82) is 0 Å². The van der Waals surface area contributed by atoms with E-state index in [1.54, 1.807) is 24.4 Å². The van der Waals surface area contributed by atoms with Crippen molar-refractivity contribution in [2.45, 2.75) is 19.3 Å². The van der Waals surface area contributed by atoms with Crippen LogP contribution in [0.4, 0.5) is 0 Å². The zero-order valence-corrected chi connectivity index (χ0v) is 16.9. The van der Waals surface area contributed by atoms with E-state index in [0.29, 0.717) is 20.0 Å². The van der Waals surface area contributed by atoms with Crippen LogP contribution in [0.25, 0.3) is 0 Å². The van der Waals surface area contributed by atoms with Crippen molar-refractivity contribution >= 4 is 53.8 Å². The Hall–Kier alpha value is -1.33. The van der Waals surface area contributed by atoms with Gasteiger partial charge in [-0.3, -0.25) is 0 Å². The van der Waals surface area contributed by atoms with Crippen molar-refractivity contribution in [3.8, 4) is 0 Å². The molecule has 1 aromatic carbocycles. The van der Waals surface area contributed by atoms with Gasteiger partial charge < -0.3 is 0 Å². The fourth-order valence-electron chi connectivity index (χ4n) is 2.66. The second-order valence-electron chi connectivity index (χ2n) is 5.69. The molecule has 1 unspecified atom stereocenters. The number of carbonyl (C=O) groups is 2. The first-order chi connectivity index (χ1) is 12.1. The molecule has 132 valence electrons. The van der Waals surface area contributed by atoms with Crippen LogP contribution in [-0.4, -0.2) is 54.5 Å². The van der Waals surface area contributed by atoms with E-state index in [2.05, 4.69) is 15.6 Å². The maximum atomic E-state index is 12.6. The van der Waals surface area contributed by atoms with E-state index >= 15 is 0 Å². The average Bonchev–Trinajstić information content (AvgIpc) is 3.04. The van der Waals surface area contributed by atoms with Crippen molar-refractivity contribution in [1.82, 2.24) is 20.6 Å². The van der Waals surface area contributed by atoms with Crippen LogP contribution in [0.3, 0.4) is 0 Å². The number of hydrogen-bond acceptors (Lipinski definition) is 4. The molecule has 0 spiro atoms. The number of aromatic amines is 1. The molecule has 0 bridgehead atoms. The number of H-pyrrole nitrogens is 1. The zero-order valence-electron chi connectivity index (χ0n) is 13.3. The Kier molecular flexibility index (Phi) is 6.18. The summed E-state index contributed by atoms with van der Waals surface area (Å²) in [5.41, 5.74) is 3.45. The van der Waals surface area contributed by atoms with Gasteiger partial charge in [0.2, 0.25) is 0 Å². The Morgan fingerprint density at radius 1 is 1.16 bits per heavy atom. The van der Waals surface area contributed by atoms with Crippen LogP contribution >= 0.6 is 23.2 Å². The van der Waals surface area contributed by atoms with E-state index in [-0.39, 0.29) is 16.2 Å². The van der Waals surface area contributed by atoms with Crippen LogP contribution in [0.1, 0.15) is 40.1 Å². The van der Waals surface area contributed by atoms with Gasteiger partial charge >= 0.3 is 162 Å². The Bertz CT molecular complexity index is 770. The Balaban J connectivity index is 1.73. The molecule has 3 rings (SSSR count). The molecule has 0 saturated carbocycles. The number of rotatable bonds is 5. The molecule has 2 N–H and O–H groups in total. The Labute approximate surface area is 161 Å². The molecule has 9 heteroatoms. The maximum absolute atomic E-state index is 12.6. The fourth-order valence-corrected chi connectivity index (χ4v) is 5.79. The van der Waals surface area contributed by atoms with E-state index in [4.69, 9.17) is 23.2 Å². The van der Waals surface area contributed by atoms with Gasteiger partial charge in [-0.05, 0) is 0 Å². The molecule has 6 nitrogen and oxygen atoms in total. The van der Waals surface area contributed by atoms with Gasteiger partial charge in [0.05, 0.1) is 0 Å². The molecular formula is C16H17AsCl2N4O2. The van der Waals surface area contributed by atoms with E-state index in [9.17, 15) is 9.59 Å². The summed E-state index contributed by atoms with van der Waals surface area (Å²) in [5, 5.41) is 9.26. The summed E-state index contributed by atoms with van der Waals surface area (Å²) >= 11 is 10.9. The number of hydrazine groups is 1. The summed E-state index contributed by atoms with van der Waals surface area (Å²) < 4.78 is 0.500. The summed E-state index contributed by atoms with van der Waals surface area (Å²) in [7, 11) is 0. The van der Waals surface area contributed by atoms with Crippen molar-refractivity contribution in [2.24, 2.45) is 0 Å². The van der Waals surface area contributed by atoms with Gasteiger partial charge in [-0.1, -0.05) is 0 Å². The van der Waals surface area contributed by atoms with Crippen LogP contribution in [0, 0.1) is 0 Å². The summed E-state index contributed by atoms with van der Waals surface area (Å²) in [6, 6.07) is 4.95. The summed E-state index contributed by atoms with van der Waals surface area (Å²) in [4.78, 5) is 25.1. The average molecular weight is 443 g/mol. The summed E-state index contributed by atoms with van der Waals surface area (Å²) in [6.45, 7) is 1.66. The third-order valence-electron chi connectivity index (χ3n) is 3.91. The van der Waals surface area contributed by atoms with Gasteiger partial charge in [-0.2, -0.15) is 0 Å². The van der Waals surface area contributed by atoms with Gasteiger partial charge in [0.1, 0.15) is 0 Å². The Morgan fingerprint density at radius 3 is 2.52 bits per heavy atom. The molecule has 1 amide bonds. The molecule has 2 aromatic rings. The number of piperidine rings is 1. The van der Waals surface area contributed by atoms with Gasteiger partial charge in [0.15, 0.2) is 0 Å². The number of halogens is 2. The standard InChI is InChI=1S/C16H17AsCl2N4O2/c18-11-5-4-6-12(19)13(11)15(24)17-10-9-20-21-14(10)16(25)22-23-7-2-1-3-8-23/h4-6,9,17H,1-3,7-8H2,(H,20,21)(H,22,25). The van der Waals surface area contributed by atoms with Gasteiger partial charge in [-0.25, -0.2) is 0 Å². The SMILES string of the molecule is O=C(NN1CCCCC1)c1n[nH]cc1[AsH]C(=O)c1c(Cl)cccc1Cl. The molecule has 25 heavy (non-hydrogen) atoms. The number of hydrogen-bond donors (Lipinski definition) is 2. The predicted octanol–water partition coefficient (Wildman–Crippen LogP) is 1.75. The van der Waals surface area contributed by atoms with Crippen molar-refractivity contribution in [3.63, 3.8) is 0 Å². The minimum atomic E-state index is -1.33. The molecule has 0 radical (unpaired) electrons. The number of nitrogens with one attached hydrogen (secondary N) is 2. The van der Waals surface area contributed by atoms with Crippen LogP contribution < -0.4 is 9.78 Å². The number of carbonyl (C=O) groups excluding carboxylic acids is 2. The van der Waals surface area contributed by atoms with Crippen LogP contribution in [0.15, 0.2) is 24.4 Å². The molecule has 1 fully saturated rings. The van der Waals surface area contributed by atoms with E-state index < -0.39 is 15.8 Å². The molecule has 1 atom stereocenters. The van der Waals surface area contributed by atoms with Crippen molar-refractivity contribution in [2.75, 3.05) is 13.1 Å². The molecular weight excluding hydrogens is 426 g/mol. The first kappa shape index (κ1) is 18.5. The topological polar surface area (TPSA) is 78.1 Å². The molecule has 1 saturated heterocycles. The molecule has 1 aliphatic rings. The second kappa shape index (κ2) is 8.37. The number of nitrogens with zero attached hydrogens (tertiary/aromatic N) is 2. The number of amides is 1. The van der Waals surface area contributed by atoms with Gasteiger partial charge in [-0.15, -0.1) is 0 Å². The number of benzene rings is 1. The first-order valence-corrected chi connectivity index (χ1v) is 10.8. The van der Waals surface area contributed by atoms with Crippen molar-refractivity contribution in [3.05, 3.63) is 45.7 Å². The van der Waals surface area contributed by atoms with E-state index in [0.717, 1.165) is 25.9 Å². The third kappa shape index (κ3) is 4.45. The van der Waals surface area contributed by atoms with Crippen LogP contribution in [0.2, 0.25) is 10.0 Å². The quantitative estimate of drug-likeness (QED) is 0.691. The van der Waals surface area contributed by atoms with E-state index in [1.165, 1.54) is 6.42 Å². The summed E-state index contributed by atoms with van der Waals surface area (Å²) in [5.74, 6) is -0.292. The van der Waals surface area contributed by atoms with Gasteiger partial charge in [0, 0.05) is 0 Å². The molecule has 1 aliphatic heterocycles. The van der Waals surface area contributed by atoms with Crippen LogP contribution in [0.5, 0.6) is 0 Å². The monoisotopic (exact) mass is 442 g/mol. The molecule has 0 aliphatic carbocycles. The zero-order chi connectivity index (χ0) is 17.8. The van der Waals surface area contributed by atoms with Gasteiger partial charge in [0.25, 0.3) is 0 Å². The molecule has 1 aromatic heterocycles. The predicted molar refractivity (Wildman–Crippen MR) is 99.1 cm³/mol. The summed E-state index contributed by atoms with van der Waals surface area (Å²) in [6.07, 6.45) is 4.91. The number of aromatic nitrogens is 2. The third-order valence-corrected chi connectivity index (χ3v) is 6.90. The minimum absolute atomic E-state index is 0.135. The first-order valence-electron chi connectivity index (χ1n) is 7.91. The van der Waals surface area contributed by atoms with Crippen LogP contribution in [-0.2, 0) is 0 Å². The Morgan fingerprint density at radius 2 is 1.84 bits per heavy atom. The molecule has 2 heterocycles. The van der Waals surface area contributed by atoms with Crippen molar-refractivity contribution < 1.29 is 9.59 Å². The fraction of sp³-hybridized carbons (Fsp3) is 0.312. The normalized spacial score (nSPS) is 15.6. The second-order valence-corrected chi connectivity index (χ2v) is 9.11. The van der Waals surface area contributed by atoms with E-state index in [1.807, 2.05) is 5.01 Å².